The highest BCUT2D eigenvalue weighted by atomic mass is 32.1. The average Bonchev–Trinajstić information content (AvgIpc) is 2.67. The Hall–Kier alpha value is -1.11. The summed E-state index contributed by atoms with van der Waals surface area (Å²) in [7, 11) is 1.58. The van der Waals surface area contributed by atoms with Crippen LogP contribution in [0.2, 0.25) is 0 Å². The highest BCUT2D eigenvalue weighted by molar-refractivity contribution is 7.17. The summed E-state index contributed by atoms with van der Waals surface area (Å²) in [4.78, 5) is 18.5. The number of hydrogen-bond acceptors (Lipinski definition) is 4. The maximum atomic E-state index is 12.2. The number of nitrogens with zero attached hydrogens (tertiary/aromatic N) is 2. The van der Waals surface area contributed by atoms with Crippen LogP contribution in [0.4, 0.5) is 18.3 Å². The molecular formula is C13H17F3N2OS. The van der Waals surface area contributed by atoms with Gasteiger partial charge in [-0.3, -0.25) is 4.79 Å². The van der Waals surface area contributed by atoms with Gasteiger partial charge in [0.2, 0.25) is 0 Å². The van der Waals surface area contributed by atoms with E-state index >= 15 is 0 Å². The Morgan fingerprint density at radius 1 is 1.35 bits per heavy atom. The van der Waals surface area contributed by atoms with Crippen molar-refractivity contribution < 1.29 is 18.0 Å². The summed E-state index contributed by atoms with van der Waals surface area (Å²) in [5, 5.41) is 0.491. The molecule has 0 saturated carbocycles. The van der Waals surface area contributed by atoms with Gasteiger partial charge < -0.3 is 4.90 Å². The number of Topliss-reactive ketones (excluding diaryl/α,β-unsaturated/α-hetero) is 1. The van der Waals surface area contributed by atoms with E-state index in [1.165, 1.54) is 16.2 Å². The first kappa shape index (κ1) is 15.3. The molecule has 0 aliphatic heterocycles. The van der Waals surface area contributed by atoms with Crippen LogP contribution in [-0.4, -0.2) is 30.5 Å². The monoisotopic (exact) mass is 306 g/mol. The SMILES string of the molecule is CN(CCC(F)(F)F)c1nc2c(s1)C(=O)CC(C)(C)C2. The number of carbonyl (C=O) groups excluding carboxylic acids is 1. The third-order valence-electron chi connectivity index (χ3n) is 3.28. The largest absolute Gasteiger partial charge is 0.390 e. The molecule has 2 rings (SSSR count). The molecule has 3 nitrogen and oxygen atoms in total. The van der Waals surface area contributed by atoms with E-state index in [1.807, 2.05) is 13.8 Å². The second-order valence-corrected chi connectivity index (χ2v) is 6.98. The van der Waals surface area contributed by atoms with E-state index < -0.39 is 12.6 Å². The van der Waals surface area contributed by atoms with Crippen LogP contribution in [0.25, 0.3) is 0 Å². The van der Waals surface area contributed by atoms with Crippen molar-refractivity contribution in [3.8, 4) is 0 Å². The van der Waals surface area contributed by atoms with E-state index in [1.54, 1.807) is 7.05 Å². The molecule has 112 valence electrons. The van der Waals surface area contributed by atoms with Crippen molar-refractivity contribution in [2.45, 2.75) is 39.3 Å². The number of rotatable bonds is 3. The Morgan fingerprint density at radius 3 is 2.60 bits per heavy atom. The van der Waals surface area contributed by atoms with Crippen molar-refractivity contribution in [2.75, 3.05) is 18.5 Å². The minimum absolute atomic E-state index is 0.0456. The molecule has 1 aliphatic rings. The number of fused-ring (bicyclic) bond motifs is 1. The summed E-state index contributed by atoms with van der Waals surface area (Å²) in [5.41, 5.74) is 0.602. The molecular weight excluding hydrogens is 289 g/mol. The highest BCUT2D eigenvalue weighted by Gasteiger charge is 2.34. The molecule has 0 fully saturated rings. The van der Waals surface area contributed by atoms with Gasteiger partial charge in [0, 0.05) is 20.0 Å². The number of carbonyl (C=O) groups is 1. The zero-order valence-corrected chi connectivity index (χ0v) is 12.5. The number of thiazole rings is 1. The van der Waals surface area contributed by atoms with E-state index in [-0.39, 0.29) is 17.7 Å². The Labute approximate surface area is 119 Å². The molecule has 20 heavy (non-hydrogen) atoms. The normalized spacial score (nSPS) is 18.0. The average molecular weight is 306 g/mol. The lowest BCUT2D eigenvalue weighted by Crippen LogP contribution is -2.26. The van der Waals surface area contributed by atoms with Gasteiger partial charge >= 0.3 is 6.18 Å². The maximum Gasteiger partial charge on any atom is 0.390 e. The third kappa shape index (κ3) is 3.50. The third-order valence-corrected chi connectivity index (χ3v) is 4.53. The first-order chi connectivity index (χ1) is 9.07. The molecule has 0 radical (unpaired) electrons. The zero-order chi connectivity index (χ0) is 15.1. The van der Waals surface area contributed by atoms with E-state index in [2.05, 4.69) is 4.98 Å². The molecule has 0 atom stereocenters. The van der Waals surface area contributed by atoms with Gasteiger partial charge in [0.1, 0.15) is 0 Å². The van der Waals surface area contributed by atoms with Gasteiger partial charge in [-0.25, -0.2) is 4.98 Å². The number of anilines is 1. The number of ketones is 1. The molecule has 1 aromatic rings. The molecule has 0 aromatic carbocycles. The van der Waals surface area contributed by atoms with Crippen LogP contribution < -0.4 is 4.90 Å². The minimum Gasteiger partial charge on any atom is -0.351 e. The fraction of sp³-hybridized carbons (Fsp3) is 0.692. The summed E-state index contributed by atoms with van der Waals surface area (Å²) in [6.07, 6.45) is -3.90. The second-order valence-electron chi connectivity index (χ2n) is 6.00. The van der Waals surface area contributed by atoms with Crippen molar-refractivity contribution in [1.29, 1.82) is 0 Å². The molecule has 0 bridgehead atoms. The first-order valence-corrected chi connectivity index (χ1v) is 7.20. The fourth-order valence-corrected chi connectivity index (χ4v) is 3.27. The lowest BCUT2D eigenvalue weighted by molar-refractivity contribution is -0.132. The predicted octanol–water partition coefficient (Wildman–Crippen LogP) is 3.69. The number of hydrogen-bond donors (Lipinski definition) is 0. The standard InChI is InChI=1S/C13H17F3N2OS/c1-12(2)6-8-10(9(19)7-12)20-11(17-8)18(3)5-4-13(14,15)16/h4-7H2,1-3H3. The van der Waals surface area contributed by atoms with Gasteiger partial charge in [-0.1, -0.05) is 25.2 Å². The second kappa shape index (κ2) is 5.02. The topological polar surface area (TPSA) is 33.2 Å². The molecule has 0 unspecified atom stereocenters. The van der Waals surface area contributed by atoms with Crippen molar-refractivity contribution in [3.63, 3.8) is 0 Å². The van der Waals surface area contributed by atoms with E-state index in [4.69, 9.17) is 0 Å². The van der Waals surface area contributed by atoms with Gasteiger partial charge in [0.15, 0.2) is 10.9 Å². The quantitative estimate of drug-likeness (QED) is 0.854. The molecule has 1 heterocycles. The molecule has 1 aromatic heterocycles. The highest BCUT2D eigenvalue weighted by Crippen LogP contribution is 2.39. The predicted molar refractivity (Wildman–Crippen MR) is 72.5 cm³/mol. The summed E-state index contributed by atoms with van der Waals surface area (Å²) in [6.45, 7) is 3.86. The molecule has 1 aliphatic carbocycles. The van der Waals surface area contributed by atoms with Gasteiger partial charge in [0.05, 0.1) is 17.0 Å². The fourth-order valence-electron chi connectivity index (χ4n) is 2.26. The Balaban J connectivity index is 2.14. The number of aromatic nitrogens is 1. The molecule has 0 saturated heterocycles. The summed E-state index contributed by atoms with van der Waals surface area (Å²) < 4.78 is 36.7. The maximum absolute atomic E-state index is 12.2. The van der Waals surface area contributed by atoms with Gasteiger partial charge in [-0.2, -0.15) is 13.2 Å². The van der Waals surface area contributed by atoms with Crippen LogP contribution >= 0.6 is 11.3 Å². The first-order valence-electron chi connectivity index (χ1n) is 6.38. The molecule has 7 heteroatoms. The van der Waals surface area contributed by atoms with Crippen molar-refractivity contribution in [2.24, 2.45) is 5.41 Å². The Bertz CT molecular complexity index is 522. The molecule has 0 spiro atoms. The van der Waals surface area contributed by atoms with Crippen LogP contribution in [0.15, 0.2) is 0 Å². The van der Waals surface area contributed by atoms with Crippen LogP contribution in [0, 0.1) is 5.41 Å². The van der Waals surface area contributed by atoms with E-state index in [0.29, 0.717) is 22.9 Å². The lowest BCUT2D eigenvalue weighted by atomic mass is 9.78. The minimum atomic E-state index is -4.18. The molecule has 0 N–H and O–H groups in total. The molecule has 0 amide bonds. The summed E-state index contributed by atoms with van der Waals surface area (Å²) in [6, 6.07) is 0. The zero-order valence-electron chi connectivity index (χ0n) is 11.7. The Morgan fingerprint density at radius 2 is 2.00 bits per heavy atom. The van der Waals surface area contributed by atoms with Crippen molar-refractivity contribution >= 4 is 22.3 Å². The number of halogens is 3. The van der Waals surface area contributed by atoms with Crippen molar-refractivity contribution in [1.82, 2.24) is 4.98 Å². The van der Waals surface area contributed by atoms with Crippen LogP contribution in [0.1, 0.15) is 42.1 Å². The van der Waals surface area contributed by atoms with Gasteiger partial charge in [-0.15, -0.1) is 0 Å². The van der Waals surface area contributed by atoms with E-state index in [0.717, 1.165) is 5.69 Å². The summed E-state index contributed by atoms with van der Waals surface area (Å²) in [5.74, 6) is 0.0456. The van der Waals surface area contributed by atoms with Crippen LogP contribution in [-0.2, 0) is 6.42 Å². The smallest absolute Gasteiger partial charge is 0.351 e. The van der Waals surface area contributed by atoms with Gasteiger partial charge in [0.25, 0.3) is 0 Å². The number of alkyl halides is 3. The van der Waals surface area contributed by atoms with Crippen molar-refractivity contribution in [3.05, 3.63) is 10.6 Å². The van der Waals surface area contributed by atoms with Crippen LogP contribution in [0.5, 0.6) is 0 Å². The van der Waals surface area contributed by atoms with Crippen LogP contribution in [0.3, 0.4) is 0 Å². The lowest BCUT2D eigenvalue weighted by Gasteiger charge is -2.26. The summed E-state index contributed by atoms with van der Waals surface area (Å²) >= 11 is 1.20. The van der Waals surface area contributed by atoms with E-state index in [9.17, 15) is 18.0 Å². The Kier molecular flexibility index (Phi) is 3.83. The van der Waals surface area contributed by atoms with Gasteiger partial charge in [-0.05, 0) is 11.8 Å².